The van der Waals surface area contributed by atoms with Crippen molar-refractivity contribution in [1.82, 2.24) is 9.38 Å². The van der Waals surface area contributed by atoms with Gasteiger partial charge in [-0.2, -0.15) is 0 Å². The number of carbonyl (C=O) groups excluding carboxylic acids is 1. The van der Waals surface area contributed by atoms with E-state index in [1.807, 2.05) is 6.07 Å². The van der Waals surface area contributed by atoms with Crippen LogP contribution in [0.1, 0.15) is 6.92 Å². The number of rotatable bonds is 1. The highest BCUT2D eigenvalue weighted by molar-refractivity contribution is 5.98. The Morgan fingerprint density at radius 2 is 2.14 bits per heavy atom. The first-order valence-corrected chi connectivity index (χ1v) is 6.86. The Morgan fingerprint density at radius 1 is 1.27 bits per heavy atom. The van der Waals surface area contributed by atoms with Crippen LogP contribution in [0, 0.1) is 5.82 Å². The van der Waals surface area contributed by atoms with Gasteiger partial charge in [-0.3, -0.25) is 4.79 Å². The Balaban J connectivity index is 1.78. The molecule has 1 aliphatic heterocycles. The fourth-order valence-electron chi connectivity index (χ4n) is 2.47. The summed E-state index contributed by atoms with van der Waals surface area (Å²) in [5, 5.41) is 2.80. The first-order chi connectivity index (χ1) is 10.6. The van der Waals surface area contributed by atoms with Crippen molar-refractivity contribution < 1.29 is 13.9 Å². The van der Waals surface area contributed by atoms with Crippen LogP contribution in [0.3, 0.4) is 0 Å². The van der Waals surface area contributed by atoms with E-state index in [-0.39, 0.29) is 11.7 Å². The van der Waals surface area contributed by atoms with Crippen LogP contribution < -0.4 is 10.1 Å². The molecule has 0 fully saturated rings. The minimum atomic E-state index is -0.503. The number of halogens is 1. The van der Waals surface area contributed by atoms with Crippen molar-refractivity contribution in [3.05, 3.63) is 48.5 Å². The van der Waals surface area contributed by atoms with Crippen molar-refractivity contribution in [3.8, 4) is 17.0 Å². The van der Waals surface area contributed by atoms with E-state index in [1.54, 1.807) is 35.7 Å². The number of anilines is 1. The van der Waals surface area contributed by atoms with Crippen molar-refractivity contribution >= 4 is 17.2 Å². The Bertz CT molecular complexity index is 904. The average molecular weight is 297 g/mol. The van der Waals surface area contributed by atoms with Crippen molar-refractivity contribution in [1.29, 1.82) is 0 Å². The molecule has 2 aromatic heterocycles. The highest BCUT2D eigenvalue weighted by atomic mass is 19.1. The lowest BCUT2D eigenvalue weighted by molar-refractivity contribution is -0.122. The van der Waals surface area contributed by atoms with Crippen LogP contribution in [0.2, 0.25) is 0 Å². The largest absolute Gasteiger partial charge is 0.479 e. The van der Waals surface area contributed by atoms with Gasteiger partial charge in [-0.25, -0.2) is 9.37 Å². The molecular weight excluding hydrogens is 285 g/mol. The molecule has 1 aliphatic rings. The smallest absolute Gasteiger partial charge is 0.265 e. The molecule has 3 heterocycles. The number of aromatic nitrogens is 2. The number of hydrogen-bond donors (Lipinski definition) is 1. The van der Waals surface area contributed by atoms with Crippen LogP contribution in [0.15, 0.2) is 42.7 Å². The third-order valence-electron chi connectivity index (χ3n) is 3.62. The van der Waals surface area contributed by atoms with Gasteiger partial charge in [0.1, 0.15) is 17.2 Å². The summed E-state index contributed by atoms with van der Waals surface area (Å²) in [6, 6.07) is 8.45. The van der Waals surface area contributed by atoms with Gasteiger partial charge in [-0.05, 0) is 37.3 Å². The molecule has 0 saturated heterocycles. The van der Waals surface area contributed by atoms with Gasteiger partial charge in [0.25, 0.3) is 5.91 Å². The van der Waals surface area contributed by atoms with Crippen LogP contribution in [0.4, 0.5) is 10.1 Å². The zero-order valence-electron chi connectivity index (χ0n) is 11.7. The zero-order valence-corrected chi connectivity index (χ0v) is 11.7. The molecule has 0 radical (unpaired) electrons. The number of ether oxygens (including phenoxy) is 1. The van der Waals surface area contributed by atoms with Gasteiger partial charge >= 0.3 is 0 Å². The molecule has 0 saturated carbocycles. The first-order valence-electron chi connectivity index (χ1n) is 6.86. The molecule has 1 N–H and O–H groups in total. The van der Waals surface area contributed by atoms with Gasteiger partial charge in [-0.15, -0.1) is 0 Å². The SMILES string of the molecule is CC1Oc2ccc(-c3cn4cc(F)ccc4n3)cc2NC1=O. The van der Waals surface area contributed by atoms with Crippen LogP contribution in [0.25, 0.3) is 16.9 Å². The molecule has 0 aliphatic carbocycles. The highest BCUT2D eigenvalue weighted by Gasteiger charge is 2.23. The summed E-state index contributed by atoms with van der Waals surface area (Å²) >= 11 is 0. The zero-order chi connectivity index (χ0) is 15.3. The van der Waals surface area contributed by atoms with E-state index in [0.717, 1.165) is 5.56 Å². The summed E-state index contributed by atoms with van der Waals surface area (Å²) in [5.74, 6) is 0.129. The molecule has 1 aromatic carbocycles. The summed E-state index contributed by atoms with van der Waals surface area (Å²) in [5.41, 5.74) is 2.79. The van der Waals surface area contributed by atoms with Gasteiger partial charge in [0.05, 0.1) is 11.4 Å². The number of amides is 1. The molecule has 0 spiro atoms. The van der Waals surface area contributed by atoms with E-state index in [9.17, 15) is 9.18 Å². The lowest BCUT2D eigenvalue weighted by Gasteiger charge is -2.23. The highest BCUT2D eigenvalue weighted by Crippen LogP contribution is 2.33. The van der Waals surface area contributed by atoms with Gasteiger partial charge in [0.2, 0.25) is 0 Å². The van der Waals surface area contributed by atoms with Gasteiger partial charge in [-0.1, -0.05) is 0 Å². The van der Waals surface area contributed by atoms with Crippen LogP contribution in [0.5, 0.6) is 5.75 Å². The summed E-state index contributed by atoms with van der Waals surface area (Å²) in [6.07, 6.45) is 2.61. The molecule has 22 heavy (non-hydrogen) atoms. The Hall–Kier alpha value is -2.89. The van der Waals surface area contributed by atoms with Crippen molar-refractivity contribution in [3.63, 3.8) is 0 Å². The van der Waals surface area contributed by atoms with Gasteiger partial charge < -0.3 is 14.5 Å². The quantitative estimate of drug-likeness (QED) is 0.751. The maximum atomic E-state index is 13.2. The Morgan fingerprint density at radius 3 is 3.00 bits per heavy atom. The minimum absolute atomic E-state index is 0.179. The molecule has 1 atom stereocenters. The number of nitrogens with zero attached hydrogens (tertiary/aromatic N) is 2. The van der Waals surface area contributed by atoms with E-state index in [4.69, 9.17) is 4.74 Å². The predicted octanol–water partition coefficient (Wildman–Crippen LogP) is 2.86. The van der Waals surface area contributed by atoms with E-state index in [1.165, 1.54) is 12.3 Å². The molecule has 110 valence electrons. The fourth-order valence-corrected chi connectivity index (χ4v) is 2.47. The number of imidazole rings is 1. The first kappa shape index (κ1) is 12.8. The average Bonchev–Trinajstić information content (AvgIpc) is 2.91. The molecular formula is C16H12FN3O2. The Labute approximate surface area is 125 Å². The number of benzene rings is 1. The second-order valence-corrected chi connectivity index (χ2v) is 5.20. The molecule has 6 heteroatoms. The molecule has 0 bridgehead atoms. The normalized spacial score (nSPS) is 17.0. The van der Waals surface area contributed by atoms with Crippen molar-refractivity contribution in [2.24, 2.45) is 0 Å². The van der Waals surface area contributed by atoms with Gasteiger partial charge in [0, 0.05) is 18.0 Å². The fraction of sp³-hybridized carbons (Fsp3) is 0.125. The number of nitrogens with one attached hydrogen (secondary N) is 1. The third kappa shape index (κ3) is 2.00. The topological polar surface area (TPSA) is 55.6 Å². The predicted molar refractivity (Wildman–Crippen MR) is 79.3 cm³/mol. The maximum absolute atomic E-state index is 13.2. The summed E-state index contributed by atoms with van der Waals surface area (Å²) in [7, 11) is 0. The number of hydrogen-bond acceptors (Lipinski definition) is 3. The lowest BCUT2D eigenvalue weighted by atomic mass is 10.1. The Kier molecular flexibility index (Phi) is 2.66. The van der Waals surface area contributed by atoms with Gasteiger partial charge in [0.15, 0.2) is 6.10 Å². The second-order valence-electron chi connectivity index (χ2n) is 5.20. The van der Waals surface area contributed by atoms with E-state index < -0.39 is 6.10 Å². The number of carbonyl (C=O) groups is 1. The standard InChI is InChI=1S/C16H12FN3O2/c1-9-16(21)19-12-6-10(2-4-14(12)22-9)13-8-20-7-11(17)3-5-15(20)18-13/h2-9H,1H3,(H,19,21). The van der Waals surface area contributed by atoms with E-state index in [0.29, 0.717) is 22.8 Å². The van der Waals surface area contributed by atoms with Crippen molar-refractivity contribution in [2.45, 2.75) is 13.0 Å². The molecule has 1 amide bonds. The van der Waals surface area contributed by atoms with E-state index >= 15 is 0 Å². The second kappa shape index (κ2) is 4.56. The van der Waals surface area contributed by atoms with Crippen molar-refractivity contribution in [2.75, 3.05) is 5.32 Å². The molecule has 5 nitrogen and oxygen atoms in total. The summed E-state index contributed by atoms with van der Waals surface area (Å²) < 4.78 is 20.4. The summed E-state index contributed by atoms with van der Waals surface area (Å²) in [6.45, 7) is 1.70. The molecule has 4 rings (SSSR count). The number of fused-ring (bicyclic) bond motifs is 2. The molecule has 3 aromatic rings. The third-order valence-corrected chi connectivity index (χ3v) is 3.62. The maximum Gasteiger partial charge on any atom is 0.265 e. The monoisotopic (exact) mass is 297 g/mol. The van der Waals surface area contributed by atoms with E-state index in [2.05, 4.69) is 10.3 Å². The number of pyridine rings is 1. The summed E-state index contributed by atoms with van der Waals surface area (Å²) in [4.78, 5) is 16.1. The van der Waals surface area contributed by atoms with Crippen LogP contribution in [-0.2, 0) is 4.79 Å². The lowest BCUT2D eigenvalue weighted by Crippen LogP contribution is -2.34. The van der Waals surface area contributed by atoms with Crippen LogP contribution in [-0.4, -0.2) is 21.4 Å². The minimum Gasteiger partial charge on any atom is -0.479 e. The molecule has 1 unspecified atom stereocenters. The van der Waals surface area contributed by atoms with Crippen LogP contribution >= 0.6 is 0 Å².